The lowest BCUT2D eigenvalue weighted by Gasteiger charge is -2.11. The normalized spacial score (nSPS) is 11.0. The monoisotopic (exact) mass is 844 g/mol. The van der Waals surface area contributed by atoms with Crippen LogP contribution in [0.4, 0.5) is 4.39 Å². The van der Waals surface area contributed by atoms with E-state index in [0.29, 0.717) is 52.9 Å². The smallest absolute Gasteiger partial charge is 0.277 e. The summed E-state index contributed by atoms with van der Waals surface area (Å²) >= 11 is 5.99. The molecule has 0 fully saturated rings. The third-order valence-corrected chi connectivity index (χ3v) is 11.0. The first-order valence-electron chi connectivity index (χ1n) is 20.5. The van der Waals surface area contributed by atoms with Crippen LogP contribution in [0.3, 0.4) is 0 Å². The molecule has 0 N–H and O–H groups in total. The van der Waals surface area contributed by atoms with Gasteiger partial charge in [0, 0.05) is 41.3 Å². The summed E-state index contributed by atoms with van der Waals surface area (Å²) in [5.74, 6) is -0.312. The zero-order valence-electron chi connectivity index (χ0n) is 35.5. The van der Waals surface area contributed by atoms with Crippen molar-refractivity contribution in [2.45, 2.75) is 61.2 Å². The Morgan fingerprint density at radius 1 is 0.484 bits per heavy atom. The number of rotatable bonds is 6. The molecule has 9 aromatic rings. The highest BCUT2D eigenvalue weighted by molar-refractivity contribution is 6.30. The van der Waals surface area contributed by atoms with E-state index in [1.54, 1.807) is 32.8 Å². The van der Waals surface area contributed by atoms with E-state index in [0.717, 1.165) is 49.8 Å². The quantitative estimate of drug-likeness (QED) is 0.165. The van der Waals surface area contributed by atoms with Crippen LogP contribution in [0.5, 0.6) is 0 Å². The average Bonchev–Trinajstić information content (AvgIpc) is 3.27. The van der Waals surface area contributed by atoms with Gasteiger partial charge in [0.05, 0.1) is 33.1 Å². The predicted octanol–water partition coefficient (Wildman–Crippen LogP) is 11.0. The molecule has 0 unspecified atom stereocenters. The highest BCUT2D eigenvalue weighted by Crippen LogP contribution is 2.25. The van der Waals surface area contributed by atoms with Gasteiger partial charge in [-0.15, -0.1) is 0 Å². The Bertz CT molecular complexity index is 3140. The summed E-state index contributed by atoms with van der Waals surface area (Å²) in [4.78, 5) is 51.6. The van der Waals surface area contributed by atoms with E-state index in [4.69, 9.17) is 11.6 Å². The van der Waals surface area contributed by atoms with Crippen LogP contribution in [0.2, 0.25) is 5.02 Å². The Morgan fingerprint density at radius 2 is 0.871 bits per heavy atom. The molecule has 0 saturated heterocycles. The third-order valence-electron chi connectivity index (χ3n) is 10.7. The van der Waals surface area contributed by atoms with E-state index in [-0.39, 0.29) is 22.5 Å². The number of halogens is 2. The summed E-state index contributed by atoms with van der Waals surface area (Å²) in [6, 6.07) is 40.8. The van der Waals surface area contributed by atoms with Crippen LogP contribution in [0.1, 0.15) is 37.5 Å². The largest absolute Gasteiger partial charge is 0.305 e. The van der Waals surface area contributed by atoms with Crippen molar-refractivity contribution >= 4 is 44.7 Å². The summed E-state index contributed by atoms with van der Waals surface area (Å²) in [7, 11) is 0. The van der Waals surface area contributed by atoms with Crippen molar-refractivity contribution in [1.29, 1.82) is 0 Å². The van der Waals surface area contributed by atoms with Gasteiger partial charge < -0.3 is 13.7 Å². The summed E-state index contributed by atoms with van der Waals surface area (Å²) < 4.78 is 18.5. The highest BCUT2D eigenvalue weighted by atomic mass is 35.5. The summed E-state index contributed by atoms with van der Waals surface area (Å²) in [5, 5.41) is 0.660. The Kier molecular flexibility index (Phi) is 13.0. The van der Waals surface area contributed by atoms with Crippen LogP contribution in [-0.4, -0.2) is 28.7 Å². The van der Waals surface area contributed by atoms with E-state index in [1.807, 2.05) is 144 Å². The fraction of sp³-hybridized carbons (Fsp3) is 0.176. The lowest BCUT2D eigenvalue weighted by molar-refractivity contribution is 0.627. The molecule has 0 aliphatic rings. The second-order valence-corrected chi connectivity index (χ2v) is 15.2. The van der Waals surface area contributed by atoms with Gasteiger partial charge in [-0.2, -0.15) is 0 Å². The molecule has 0 atom stereocenters. The van der Waals surface area contributed by atoms with Crippen molar-refractivity contribution in [3.8, 4) is 33.8 Å². The lowest BCUT2D eigenvalue weighted by atomic mass is 10.1. The number of hydrogen-bond donors (Lipinski definition) is 0. The minimum absolute atomic E-state index is 0.0324. The number of para-hydroxylation sites is 6. The molecule has 0 saturated carbocycles. The number of benzene rings is 6. The van der Waals surface area contributed by atoms with Gasteiger partial charge in [0.2, 0.25) is 0 Å². The molecule has 312 valence electrons. The fourth-order valence-corrected chi connectivity index (χ4v) is 7.78. The fourth-order valence-electron chi connectivity index (χ4n) is 7.56. The number of nitrogens with zero attached hydrogens (tertiary/aromatic N) is 6. The zero-order valence-corrected chi connectivity index (χ0v) is 36.2. The third kappa shape index (κ3) is 8.73. The van der Waals surface area contributed by atoms with E-state index >= 15 is 0 Å². The van der Waals surface area contributed by atoms with Gasteiger partial charge in [-0.05, 0) is 119 Å². The van der Waals surface area contributed by atoms with Gasteiger partial charge in [-0.3, -0.25) is 14.4 Å². The predicted molar refractivity (Wildman–Crippen MR) is 251 cm³/mol. The molecule has 0 bridgehead atoms. The number of aromatic nitrogens is 6. The molecule has 0 aliphatic carbocycles. The van der Waals surface area contributed by atoms with Gasteiger partial charge in [0.25, 0.3) is 16.7 Å². The van der Waals surface area contributed by atoms with Crippen molar-refractivity contribution in [3.05, 3.63) is 192 Å². The molecular weight excluding hydrogens is 799 g/mol. The minimum Gasteiger partial charge on any atom is -0.305 e. The summed E-state index contributed by atoms with van der Waals surface area (Å²) in [6.07, 6.45) is 0. The molecule has 0 spiro atoms. The van der Waals surface area contributed by atoms with Gasteiger partial charge >= 0.3 is 0 Å². The SMILES string of the molecule is CCn1c(=O)c(-c2ccc(C)cc2)nc2ccccc21.CCn1c(=O)c(-c2ccc(Cl)cc2C)nc2ccccc21.CCn1c(=O)c(-c2ccc(F)cc2C)nc2ccccc21. The topological polar surface area (TPSA) is 105 Å². The van der Waals surface area contributed by atoms with Crippen molar-refractivity contribution in [2.75, 3.05) is 0 Å². The second-order valence-electron chi connectivity index (χ2n) is 14.8. The van der Waals surface area contributed by atoms with E-state index in [2.05, 4.69) is 15.0 Å². The van der Waals surface area contributed by atoms with Crippen LogP contribution >= 0.6 is 11.6 Å². The second kappa shape index (κ2) is 18.7. The molecule has 62 heavy (non-hydrogen) atoms. The van der Waals surface area contributed by atoms with Crippen LogP contribution in [0.15, 0.2) is 148 Å². The molecule has 9 nitrogen and oxygen atoms in total. The van der Waals surface area contributed by atoms with E-state index in [9.17, 15) is 18.8 Å². The molecule has 9 rings (SSSR count). The van der Waals surface area contributed by atoms with Crippen molar-refractivity contribution in [2.24, 2.45) is 0 Å². The van der Waals surface area contributed by atoms with Crippen molar-refractivity contribution in [1.82, 2.24) is 28.7 Å². The number of hydrogen-bond acceptors (Lipinski definition) is 6. The van der Waals surface area contributed by atoms with Gasteiger partial charge in [0.1, 0.15) is 22.9 Å². The molecule has 3 heterocycles. The lowest BCUT2D eigenvalue weighted by Crippen LogP contribution is -2.23. The maximum Gasteiger partial charge on any atom is 0.277 e. The van der Waals surface area contributed by atoms with Crippen LogP contribution in [0.25, 0.3) is 66.9 Å². The van der Waals surface area contributed by atoms with Crippen molar-refractivity contribution < 1.29 is 4.39 Å². The molecule has 0 radical (unpaired) electrons. The van der Waals surface area contributed by atoms with Gasteiger partial charge in [-0.25, -0.2) is 19.3 Å². The molecule has 6 aromatic carbocycles. The first-order valence-corrected chi connectivity index (χ1v) is 20.9. The molecule has 0 amide bonds. The number of aryl methyl sites for hydroxylation is 6. The van der Waals surface area contributed by atoms with Crippen molar-refractivity contribution in [3.63, 3.8) is 0 Å². The molecular formula is C51H46ClFN6O3. The summed E-state index contributed by atoms with van der Waals surface area (Å²) in [5.41, 5.74) is 11.3. The standard InChI is InChI=1S/C17H15ClN2O.C17H15FN2O.C17H16N2O/c2*1-3-20-15-7-5-4-6-14(15)19-16(17(20)21)13-9-8-12(18)10-11(13)2;1-3-19-15-7-5-4-6-14(15)18-16(17(19)20)13-10-8-12(2)9-11-13/h2*4-10H,3H2,1-2H3;4-11H,3H2,1-2H3. The zero-order chi connectivity index (χ0) is 44.1. The van der Waals surface area contributed by atoms with E-state index < -0.39 is 0 Å². The minimum atomic E-state index is -0.312. The first-order chi connectivity index (χ1) is 29.9. The number of fused-ring (bicyclic) bond motifs is 3. The molecule has 0 aliphatic heterocycles. The van der Waals surface area contributed by atoms with Gasteiger partial charge in [0.15, 0.2) is 0 Å². The Morgan fingerprint density at radius 3 is 1.29 bits per heavy atom. The Balaban J connectivity index is 0.000000140. The molecule has 3 aromatic heterocycles. The Hall–Kier alpha value is -7.04. The first kappa shape index (κ1) is 43.1. The van der Waals surface area contributed by atoms with Crippen LogP contribution < -0.4 is 16.7 Å². The average molecular weight is 845 g/mol. The van der Waals surface area contributed by atoms with E-state index in [1.165, 1.54) is 17.7 Å². The summed E-state index contributed by atoms with van der Waals surface area (Å²) in [6.45, 7) is 13.4. The van der Waals surface area contributed by atoms with Crippen LogP contribution in [-0.2, 0) is 19.6 Å². The molecule has 11 heteroatoms. The van der Waals surface area contributed by atoms with Crippen LogP contribution in [0, 0.1) is 26.6 Å². The van der Waals surface area contributed by atoms with Gasteiger partial charge in [-0.1, -0.05) is 83.9 Å². The Labute approximate surface area is 363 Å². The highest BCUT2D eigenvalue weighted by Gasteiger charge is 2.16. The maximum atomic E-state index is 13.3. The maximum absolute atomic E-state index is 13.3.